The summed E-state index contributed by atoms with van der Waals surface area (Å²) in [7, 11) is 12.4. The van der Waals surface area contributed by atoms with Crippen molar-refractivity contribution in [1.82, 2.24) is 52.1 Å². The van der Waals surface area contributed by atoms with Crippen molar-refractivity contribution in [2.24, 2.45) is 42.3 Å². The summed E-state index contributed by atoms with van der Waals surface area (Å²) in [6, 6.07) is 61.4. The van der Waals surface area contributed by atoms with Crippen LogP contribution >= 0.6 is 0 Å². The highest BCUT2D eigenvalue weighted by molar-refractivity contribution is 5.99. The molecule has 0 unspecified atom stereocenters. The van der Waals surface area contributed by atoms with E-state index in [1.807, 2.05) is 79.0 Å². The normalized spacial score (nSPS) is 11.8. The molecular weight excluding hydrogens is 1330 g/mol. The smallest absolute Gasteiger partial charge is 0.256 e. The van der Waals surface area contributed by atoms with Crippen molar-refractivity contribution in [3.8, 4) is 11.4 Å². The first kappa shape index (κ1) is 71.0. The van der Waals surface area contributed by atoms with E-state index in [2.05, 4.69) is 366 Å². The number of hydrogen-bond donors (Lipinski definition) is 0. The topological polar surface area (TPSA) is 116 Å². The van der Waals surface area contributed by atoms with E-state index in [-0.39, 0.29) is 10.8 Å². The maximum Gasteiger partial charge on any atom is 0.298 e. The highest BCUT2D eigenvalue weighted by Gasteiger charge is 2.32. The highest BCUT2D eigenvalue weighted by atomic mass is 15.3. The third-order valence-corrected chi connectivity index (χ3v) is 20.9. The van der Waals surface area contributed by atoms with Crippen molar-refractivity contribution >= 4 is 110 Å². The quantitative estimate of drug-likeness (QED) is 0.152. The fourth-order valence-corrected chi connectivity index (χ4v) is 15.6. The van der Waals surface area contributed by atoms with Crippen molar-refractivity contribution in [2.75, 3.05) is 0 Å². The number of pyridine rings is 5. The van der Waals surface area contributed by atoms with Crippen LogP contribution < -0.4 is 27.1 Å². The molecule has 0 atom stereocenters. The molecule has 538 valence electrons. The fraction of sp³-hybridized carbons (Fsp3) is 0.220. The highest BCUT2D eigenvalue weighted by Crippen LogP contribution is 2.33. The molecule has 0 aliphatic carbocycles. The predicted octanol–water partition coefficient (Wildman–Crippen LogP) is 15.7. The first-order chi connectivity index (χ1) is 51.9. The second-order valence-electron chi connectivity index (χ2n) is 30.7. The van der Waals surface area contributed by atoms with Crippen LogP contribution in [0.25, 0.3) is 121 Å². The van der Waals surface area contributed by atoms with Crippen LogP contribution in [0.1, 0.15) is 86.4 Å². The second-order valence-corrected chi connectivity index (χ2v) is 30.7. The number of aryl methyl sites for hydroxylation is 12. The molecule has 0 aliphatic rings. The van der Waals surface area contributed by atoms with E-state index in [9.17, 15) is 0 Å². The molecule has 0 amide bonds. The van der Waals surface area contributed by atoms with Crippen molar-refractivity contribution in [1.29, 1.82) is 0 Å². The van der Waals surface area contributed by atoms with E-state index < -0.39 is 0 Å². The Hall–Kier alpha value is -12.6. The second kappa shape index (κ2) is 28.0. The zero-order chi connectivity index (χ0) is 75.8. The molecule has 13 heterocycles. The molecule has 0 spiro atoms. The van der Waals surface area contributed by atoms with Gasteiger partial charge in [-0.25, -0.2) is 36.5 Å². The molecule has 0 radical (unpaired) electrons. The molecule has 20 aromatic rings. The van der Waals surface area contributed by atoms with Crippen molar-refractivity contribution < 1.29 is 27.1 Å². The average molecular weight is 1430 g/mol. The number of aromatic nitrogens is 17. The predicted molar refractivity (Wildman–Crippen MR) is 434 cm³/mol. The van der Waals surface area contributed by atoms with Gasteiger partial charge >= 0.3 is 0 Å². The lowest BCUT2D eigenvalue weighted by atomic mass is 9.90. The zero-order valence-electron chi connectivity index (χ0n) is 65.3. The zero-order valence-corrected chi connectivity index (χ0v) is 65.3. The van der Waals surface area contributed by atoms with Gasteiger partial charge in [-0.1, -0.05) is 151 Å². The molecule has 17 heteroatoms. The molecule has 0 saturated heterocycles. The van der Waals surface area contributed by atoms with E-state index in [0.717, 1.165) is 50.4 Å². The Morgan fingerprint density at radius 1 is 0.380 bits per heavy atom. The van der Waals surface area contributed by atoms with Crippen LogP contribution in [0.5, 0.6) is 0 Å². The Bertz CT molecular complexity index is 6590. The van der Waals surface area contributed by atoms with Gasteiger partial charge in [-0.15, -0.1) is 14.3 Å². The minimum Gasteiger partial charge on any atom is -0.256 e. The number of hydrogen-bond acceptors (Lipinski definition) is 5. The summed E-state index contributed by atoms with van der Waals surface area (Å²) < 4.78 is 25.7. The van der Waals surface area contributed by atoms with Gasteiger partial charge in [0.2, 0.25) is 23.6 Å². The molecule has 0 N–H and O–H groups in total. The monoisotopic (exact) mass is 1430 g/mol. The molecule has 0 fully saturated rings. The minimum absolute atomic E-state index is 0.0367. The van der Waals surface area contributed by atoms with Crippen molar-refractivity contribution in [3.05, 3.63) is 295 Å². The van der Waals surface area contributed by atoms with Crippen LogP contribution in [0.4, 0.5) is 0 Å². The molecule has 13 aromatic heterocycles. The average Bonchev–Trinajstić information content (AvgIpc) is 1.55. The molecule has 0 bridgehead atoms. The van der Waals surface area contributed by atoms with Crippen molar-refractivity contribution in [2.45, 2.75) is 93.9 Å². The van der Waals surface area contributed by atoms with E-state index in [1.54, 1.807) is 0 Å². The summed E-state index contributed by atoms with van der Waals surface area (Å²) in [5.41, 5.74) is 22.9. The lowest BCUT2D eigenvalue weighted by Gasteiger charge is -2.18. The number of imidazole rings is 4. The largest absolute Gasteiger partial charge is 0.298 e. The van der Waals surface area contributed by atoms with Gasteiger partial charge in [-0.05, 0) is 157 Å². The molecule has 20 rings (SSSR count). The lowest BCUT2D eigenvalue weighted by Crippen LogP contribution is -2.29. The van der Waals surface area contributed by atoms with Crippen LogP contribution in [0.15, 0.2) is 251 Å². The Kier molecular flexibility index (Phi) is 18.4. The van der Waals surface area contributed by atoms with Crippen LogP contribution in [0.3, 0.4) is 0 Å². The van der Waals surface area contributed by atoms with Gasteiger partial charge < -0.3 is 0 Å². The van der Waals surface area contributed by atoms with E-state index in [0.29, 0.717) is 0 Å². The third kappa shape index (κ3) is 12.7. The summed E-state index contributed by atoms with van der Waals surface area (Å²) in [6.07, 6.45) is 24.3. The molecule has 0 saturated carbocycles. The summed E-state index contributed by atoms with van der Waals surface area (Å²) in [6.45, 7) is 26.4. The standard InChI is InChI=1S/C20H22N3.C17H15N4.C17H21N2.C13H13N2.2C12H12N3/c1-13-9-8-10-14-17(13)18-22(5)15-11-6-7-12-16(15)23(18)19(21-14)20(2,3)4;1-12-7-6-10-14-15(12)17-20(2)18-11-21(17)16(19-14)13-8-4-3-5-9-13;1-12-7-6-8-13-11-14(17(2,3)4)19-10-9-18(5)16(19)15(12)13;1-10-4-3-5-11-6-7-15-9-8-14(2)13(15)12(10)11;1-9-3-5-13-10-4-6-15-8-7-14(2)12(15)11(9)10;1-9-4-3-5-10-6-7-15-8-13-14(2)12(15)11(9)10/h6-12H,1-5H3;3-11H,1-2H3;6-11H,1-5H3;3-9H,1-2H3;2*3-8H,1-2H3/q6*+1. The summed E-state index contributed by atoms with van der Waals surface area (Å²) in [4.78, 5) is 14.3. The number of benzene rings is 7. The Labute approximate surface area is 628 Å². The van der Waals surface area contributed by atoms with Gasteiger partial charge in [0.05, 0.1) is 104 Å². The first-order valence-corrected chi connectivity index (χ1v) is 36.9. The van der Waals surface area contributed by atoms with Gasteiger partial charge in [-0.3, -0.25) is 4.98 Å². The van der Waals surface area contributed by atoms with Gasteiger partial charge in [-0.2, -0.15) is 13.2 Å². The summed E-state index contributed by atoms with van der Waals surface area (Å²) in [5, 5.41) is 20.2. The van der Waals surface area contributed by atoms with Gasteiger partial charge in [0, 0.05) is 33.8 Å². The third-order valence-electron chi connectivity index (χ3n) is 20.9. The lowest BCUT2D eigenvalue weighted by molar-refractivity contribution is -0.643. The molecular formula is C91H95N17+6. The molecule has 7 aromatic carbocycles. The molecule has 0 aliphatic heterocycles. The fourth-order valence-electron chi connectivity index (χ4n) is 15.6. The van der Waals surface area contributed by atoms with Crippen LogP contribution in [0, 0.1) is 41.5 Å². The number of para-hydroxylation sites is 2. The van der Waals surface area contributed by atoms with Crippen molar-refractivity contribution in [3.63, 3.8) is 0 Å². The maximum absolute atomic E-state index is 5.05. The Morgan fingerprint density at radius 3 is 1.53 bits per heavy atom. The van der Waals surface area contributed by atoms with Gasteiger partial charge in [0.25, 0.3) is 34.6 Å². The molecule has 108 heavy (non-hydrogen) atoms. The van der Waals surface area contributed by atoms with E-state index in [4.69, 9.17) is 9.97 Å². The number of fused-ring (bicyclic) bond motifs is 20. The number of rotatable bonds is 1. The van der Waals surface area contributed by atoms with Gasteiger partial charge in [0.1, 0.15) is 48.4 Å². The molecule has 17 nitrogen and oxygen atoms in total. The van der Waals surface area contributed by atoms with Crippen LogP contribution in [-0.4, -0.2) is 52.1 Å². The maximum atomic E-state index is 5.05. The van der Waals surface area contributed by atoms with E-state index >= 15 is 0 Å². The first-order valence-electron chi connectivity index (χ1n) is 36.9. The number of nitrogens with zero attached hydrogens (tertiary/aromatic N) is 17. The minimum atomic E-state index is -0.0367. The van der Waals surface area contributed by atoms with Crippen LogP contribution in [0.2, 0.25) is 0 Å². The van der Waals surface area contributed by atoms with E-state index in [1.165, 1.54) is 116 Å². The SMILES string of the molecule is Cc1cccc2cc(C(C)(C)C)n3cc[n+](C)c3c12.Cc1cccc2cc[n+]3cnn(C)c3c12.Cc1cccc2ccn3cc[n+](C)c3c12.Cc1cccc2nc(-c3ccccc3)[n+]3cnn(C)c3c12.Cc1cccc2nc(C(C)(C)C)n3c4ccccc4[n+](C)c3c12.Cc1ccnc2ccn3cc[n+](C)c3c12. The van der Waals surface area contributed by atoms with Crippen LogP contribution in [-0.2, 0) is 53.1 Å². The van der Waals surface area contributed by atoms with Gasteiger partial charge in [0.15, 0.2) is 11.0 Å². The summed E-state index contributed by atoms with van der Waals surface area (Å²) >= 11 is 0. The Balaban J connectivity index is 0.000000104. The Morgan fingerprint density at radius 2 is 0.880 bits per heavy atom. The summed E-state index contributed by atoms with van der Waals surface area (Å²) in [5.74, 6) is 2.01.